The van der Waals surface area contributed by atoms with Crippen LogP contribution in [0, 0.1) is 5.92 Å². The zero-order valence-corrected chi connectivity index (χ0v) is 13.5. The van der Waals surface area contributed by atoms with E-state index >= 15 is 0 Å². The van der Waals surface area contributed by atoms with Gasteiger partial charge < -0.3 is 15.0 Å². The fraction of sp³-hybridized carbons (Fsp3) is 0.933. The Morgan fingerprint density at radius 3 is 2.40 bits per heavy atom. The zero-order chi connectivity index (χ0) is 15.0. The van der Waals surface area contributed by atoms with E-state index in [0.717, 1.165) is 52.2 Å². The molecule has 5 heteroatoms. The minimum Gasteiger partial charge on any atom is -0.379 e. The van der Waals surface area contributed by atoms with Crippen LogP contribution in [0.1, 0.15) is 26.7 Å². The van der Waals surface area contributed by atoms with Crippen molar-refractivity contribution >= 4 is 5.91 Å². The Balaban J connectivity index is 2.76. The third-order valence-corrected chi connectivity index (χ3v) is 4.26. The summed E-state index contributed by atoms with van der Waals surface area (Å²) in [7, 11) is 3.83. The number of carbonyl (C=O) groups excluding carboxylic acids is 1. The molecular weight excluding hydrogens is 254 g/mol. The molecule has 1 N–H and O–H groups in total. The molecule has 0 aromatic heterocycles. The minimum absolute atomic E-state index is 0.00996. The van der Waals surface area contributed by atoms with Gasteiger partial charge in [0.2, 0.25) is 5.91 Å². The summed E-state index contributed by atoms with van der Waals surface area (Å²) in [6.45, 7) is 9.18. The van der Waals surface area contributed by atoms with E-state index in [4.69, 9.17) is 4.74 Å². The molecule has 1 fully saturated rings. The van der Waals surface area contributed by atoms with Crippen molar-refractivity contribution in [2.45, 2.75) is 32.7 Å². The molecule has 0 bridgehead atoms. The molecule has 1 atom stereocenters. The standard InChI is InChI=1S/C15H31N3O2/c1-5-13(6-2)14(18-9-11-20-12-10-18)15(19)17(4)8-7-16-3/h13-14,16H,5-12H2,1-4H3. The molecule has 1 aliphatic heterocycles. The monoisotopic (exact) mass is 285 g/mol. The average molecular weight is 285 g/mol. The fourth-order valence-corrected chi connectivity index (χ4v) is 2.86. The second-order valence-electron chi connectivity index (χ2n) is 5.53. The van der Waals surface area contributed by atoms with Gasteiger partial charge in [0.25, 0.3) is 0 Å². The van der Waals surface area contributed by atoms with Crippen molar-refractivity contribution in [3.63, 3.8) is 0 Å². The molecule has 118 valence electrons. The van der Waals surface area contributed by atoms with Crippen LogP contribution in [0.15, 0.2) is 0 Å². The van der Waals surface area contributed by atoms with Crippen molar-refractivity contribution in [3.05, 3.63) is 0 Å². The van der Waals surface area contributed by atoms with Crippen molar-refractivity contribution in [3.8, 4) is 0 Å². The number of rotatable bonds is 8. The SMILES string of the molecule is CCC(CC)C(C(=O)N(C)CCNC)N1CCOCC1. The summed E-state index contributed by atoms with van der Waals surface area (Å²) in [5, 5.41) is 3.10. The average Bonchev–Trinajstić information content (AvgIpc) is 2.50. The van der Waals surface area contributed by atoms with Gasteiger partial charge in [-0.3, -0.25) is 9.69 Å². The maximum Gasteiger partial charge on any atom is 0.240 e. The minimum atomic E-state index is 0.00996. The summed E-state index contributed by atoms with van der Waals surface area (Å²) in [5.74, 6) is 0.688. The van der Waals surface area contributed by atoms with Crippen LogP contribution in [0.5, 0.6) is 0 Å². The van der Waals surface area contributed by atoms with Gasteiger partial charge >= 0.3 is 0 Å². The maximum absolute atomic E-state index is 12.8. The van der Waals surface area contributed by atoms with E-state index < -0.39 is 0 Å². The third kappa shape index (κ3) is 4.72. The van der Waals surface area contributed by atoms with Crippen LogP contribution in [0.3, 0.4) is 0 Å². The molecule has 1 amide bonds. The lowest BCUT2D eigenvalue weighted by molar-refractivity contribution is -0.140. The number of carbonyl (C=O) groups is 1. The van der Waals surface area contributed by atoms with E-state index in [9.17, 15) is 4.79 Å². The van der Waals surface area contributed by atoms with Crippen LogP contribution in [0.2, 0.25) is 0 Å². The number of morpholine rings is 1. The lowest BCUT2D eigenvalue weighted by Crippen LogP contribution is -2.55. The lowest BCUT2D eigenvalue weighted by atomic mass is 9.91. The smallest absolute Gasteiger partial charge is 0.240 e. The van der Waals surface area contributed by atoms with Gasteiger partial charge in [-0.25, -0.2) is 0 Å². The topological polar surface area (TPSA) is 44.8 Å². The van der Waals surface area contributed by atoms with E-state index in [1.165, 1.54) is 0 Å². The Bertz CT molecular complexity index is 276. The van der Waals surface area contributed by atoms with Gasteiger partial charge in [-0.15, -0.1) is 0 Å². The highest BCUT2D eigenvalue weighted by atomic mass is 16.5. The second kappa shape index (κ2) is 9.32. The van der Waals surface area contributed by atoms with Crippen molar-refractivity contribution in [2.24, 2.45) is 5.92 Å². The number of nitrogens with one attached hydrogen (secondary N) is 1. The molecule has 0 saturated carbocycles. The fourth-order valence-electron chi connectivity index (χ4n) is 2.86. The Morgan fingerprint density at radius 1 is 1.30 bits per heavy atom. The van der Waals surface area contributed by atoms with Crippen molar-refractivity contribution < 1.29 is 9.53 Å². The van der Waals surface area contributed by atoms with Gasteiger partial charge in [-0.2, -0.15) is 0 Å². The molecule has 1 heterocycles. The molecule has 5 nitrogen and oxygen atoms in total. The predicted octanol–water partition coefficient (Wildman–Crippen LogP) is 0.801. The van der Waals surface area contributed by atoms with E-state index in [-0.39, 0.29) is 11.9 Å². The normalized spacial score (nSPS) is 18.2. The maximum atomic E-state index is 12.8. The highest BCUT2D eigenvalue weighted by molar-refractivity contribution is 5.82. The summed E-state index contributed by atoms with van der Waals surface area (Å²) >= 11 is 0. The summed E-state index contributed by atoms with van der Waals surface area (Å²) in [6.07, 6.45) is 2.09. The third-order valence-electron chi connectivity index (χ3n) is 4.26. The predicted molar refractivity (Wildman–Crippen MR) is 81.8 cm³/mol. The summed E-state index contributed by atoms with van der Waals surface area (Å²) in [6, 6.07) is 0.00996. The highest BCUT2D eigenvalue weighted by Crippen LogP contribution is 2.21. The first-order chi connectivity index (χ1) is 9.65. The highest BCUT2D eigenvalue weighted by Gasteiger charge is 2.34. The lowest BCUT2D eigenvalue weighted by Gasteiger charge is -2.39. The second-order valence-corrected chi connectivity index (χ2v) is 5.53. The summed E-state index contributed by atoms with van der Waals surface area (Å²) < 4.78 is 5.43. The summed E-state index contributed by atoms with van der Waals surface area (Å²) in [4.78, 5) is 17.0. The van der Waals surface area contributed by atoms with Crippen LogP contribution >= 0.6 is 0 Å². The van der Waals surface area contributed by atoms with Gasteiger partial charge in [-0.05, 0) is 13.0 Å². The first-order valence-corrected chi connectivity index (χ1v) is 7.87. The number of nitrogens with zero attached hydrogens (tertiary/aromatic N) is 2. The Kier molecular flexibility index (Phi) is 8.11. The number of hydrogen-bond acceptors (Lipinski definition) is 4. The first kappa shape index (κ1) is 17.4. The molecule has 1 unspecified atom stereocenters. The van der Waals surface area contributed by atoms with Crippen molar-refractivity contribution in [2.75, 3.05) is 53.5 Å². The molecule has 1 aliphatic rings. The number of likely N-dealkylation sites (N-methyl/N-ethyl adjacent to an activating group) is 2. The van der Waals surface area contributed by atoms with Gasteiger partial charge in [0.15, 0.2) is 0 Å². The molecular formula is C15H31N3O2. The van der Waals surface area contributed by atoms with E-state index in [0.29, 0.717) is 5.92 Å². The number of amides is 1. The van der Waals surface area contributed by atoms with Crippen molar-refractivity contribution in [1.29, 1.82) is 0 Å². The molecule has 1 rings (SSSR count). The molecule has 0 aromatic rings. The molecule has 0 radical (unpaired) electrons. The van der Waals surface area contributed by atoms with E-state index in [2.05, 4.69) is 24.1 Å². The van der Waals surface area contributed by atoms with Crippen LogP contribution in [-0.2, 0) is 9.53 Å². The van der Waals surface area contributed by atoms with Gasteiger partial charge in [0, 0.05) is 33.2 Å². The number of hydrogen-bond donors (Lipinski definition) is 1. The van der Waals surface area contributed by atoms with Gasteiger partial charge in [-0.1, -0.05) is 26.7 Å². The summed E-state index contributed by atoms with van der Waals surface area (Å²) in [5.41, 5.74) is 0. The Morgan fingerprint density at radius 2 is 1.90 bits per heavy atom. The quantitative estimate of drug-likeness (QED) is 0.716. The van der Waals surface area contributed by atoms with Gasteiger partial charge in [0.1, 0.15) is 0 Å². The Hall–Kier alpha value is -0.650. The van der Waals surface area contributed by atoms with Crippen LogP contribution in [-0.4, -0.2) is 75.2 Å². The van der Waals surface area contributed by atoms with E-state index in [1.807, 2.05) is 19.0 Å². The zero-order valence-electron chi connectivity index (χ0n) is 13.5. The molecule has 0 spiro atoms. The molecule has 20 heavy (non-hydrogen) atoms. The molecule has 1 saturated heterocycles. The van der Waals surface area contributed by atoms with Gasteiger partial charge in [0.05, 0.1) is 19.3 Å². The van der Waals surface area contributed by atoms with Crippen LogP contribution in [0.25, 0.3) is 0 Å². The van der Waals surface area contributed by atoms with Crippen molar-refractivity contribution in [1.82, 2.24) is 15.1 Å². The van der Waals surface area contributed by atoms with Crippen LogP contribution < -0.4 is 5.32 Å². The molecule has 0 aliphatic carbocycles. The van der Waals surface area contributed by atoms with Crippen LogP contribution in [0.4, 0.5) is 0 Å². The Labute approximate surface area is 123 Å². The number of ether oxygens (including phenoxy) is 1. The first-order valence-electron chi connectivity index (χ1n) is 7.87. The molecule has 0 aromatic carbocycles. The largest absolute Gasteiger partial charge is 0.379 e. The van der Waals surface area contributed by atoms with E-state index in [1.54, 1.807) is 0 Å².